The molecule has 0 fully saturated rings. The van der Waals surface area contributed by atoms with Crippen LogP contribution in [0.2, 0.25) is 0 Å². The van der Waals surface area contributed by atoms with Gasteiger partial charge in [-0.3, -0.25) is 0 Å². The topological polar surface area (TPSA) is 92.4 Å². The van der Waals surface area contributed by atoms with Crippen LogP contribution in [0, 0.1) is 5.41 Å². The van der Waals surface area contributed by atoms with Crippen molar-refractivity contribution < 1.29 is 13.5 Å². The number of anilines is 1. The zero-order valence-electron chi connectivity index (χ0n) is 10.7. The van der Waals surface area contributed by atoms with Crippen LogP contribution in [0.15, 0.2) is 29.2 Å². The summed E-state index contributed by atoms with van der Waals surface area (Å²) in [6.45, 7) is 4.72. The van der Waals surface area contributed by atoms with Crippen LogP contribution in [0.3, 0.4) is 0 Å². The van der Waals surface area contributed by atoms with Crippen LogP contribution in [0.25, 0.3) is 0 Å². The highest BCUT2D eigenvalue weighted by molar-refractivity contribution is 7.89. The van der Waals surface area contributed by atoms with Crippen LogP contribution in [-0.4, -0.2) is 26.7 Å². The third-order valence-corrected chi connectivity index (χ3v) is 4.07. The summed E-state index contributed by atoms with van der Waals surface area (Å²) >= 11 is 0. The van der Waals surface area contributed by atoms with Gasteiger partial charge < -0.3 is 10.4 Å². The Labute approximate surface area is 108 Å². The number of primary sulfonamides is 1. The van der Waals surface area contributed by atoms with Gasteiger partial charge in [-0.05, 0) is 30.7 Å². The van der Waals surface area contributed by atoms with E-state index >= 15 is 0 Å². The maximum absolute atomic E-state index is 11.1. The second kappa shape index (κ2) is 5.69. The molecular formula is C12H20N2O3S. The normalized spacial score (nSPS) is 15.1. The molecule has 4 N–H and O–H groups in total. The van der Waals surface area contributed by atoms with Gasteiger partial charge >= 0.3 is 0 Å². The summed E-state index contributed by atoms with van der Waals surface area (Å²) < 4.78 is 22.2. The lowest BCUT2D eigenvalue weighted by Crippen LogP contribution is -2.29. The smallest absolute Gasteiger partial charge is 0.238 e. The number of benzene rings is 1. The first-order chi connectivity index (χ1) is 8.30. The Balaban J connectivity index is 2.71. The molecule has 1 aromatic carbocycles. The fraction of sp³-hybridized carbons (Fsp3) is 0.500. The molecule has 6 heteroatoms. The molecule has 18 heavy (non-hydrogen) atoms. The summed E-state index contributed by atoms with van der Waals surface area (Å²) in [4.78, 5) is 0.0912. The summed E-state index contributed by atoms with van der Waals surface area (Å²) in [5.41, 5.74) is 0.619. The Bertz CT molecular complexity index is 479. The van der Waals surface area contributed by atoms with Gasteiger partial charge in [0, 0.05) is 17.6 Å². The Morgan fingerprint density at radius 2 is 1.89 bits per heavy atom. The van der Waals surface area contributed by atoms with Crippen LogP contribution in [0.4, 0.5) is 5.69 Å². The predicted molar refractivity (Wildman–Crippen MR) is 71.8 cm³/mol. The molecule has 0 saturated heterocycles. The van der Waals surface area contributed by atoms with E-state index in [-0.39, 0.29) is 16.9 Å². The van der Waals surface area contributed by atoms with Gasteiger partial charge in [0.05, 0.1) is 11.5 Å². The maximum Gasteiger partial charge on any atom is 0.238 e. The largest absolute Gasteiger partial charge is 0.396 e. The highest BCUT2D eigenvalue weighted by Crippen LogP contribution is 2.21. The van der Waals surface area contributed by atoms with Gasteiger partial charge in [0.2, 0.25) is 10.0 Å². The lowest BCUT2D eigenvalue weighted by atomic mass is 9.88. The number of aliphatic hydroxyl groups excluding tert-OH is 1. The van der Waals surface area contributed by atoms with Crippen molar-refractivity contribution in [1.29, 1.82) is 0 Å². The maximum atomic E-state index is 11.1. The SMILES string of the molecule is CCC(C)(CO)CNc1ccc(S(N)(=O)=O)cc1. The van der Waals surface area contributed by atoms with Crippen LogP contribution in [0.5, 0.6) is 0 Å². The third-order valence-electron chi connectivity index (χ3n) is 3.14. The molecule has 0 radical (unpaired) electrons. The summed E-state index contributed by atoms with van der Waals surface area (Å²) in [6.07, 6.45) is 0.853. The number of rotatable bonds is 6. The number of aliphatic hydroxyl groups is 1. The number of hydrogen-bond donors (Lipinski definition) is 3. The number of hydrogen-bond acceptors (Lipinski definition) is 4. The molecule has 0 aliphatic heterocycles. The molecule has 0 aliphatic rings. The lowest BCUT2D eigenvalue weighted by molar-refractivity contribution is 0.149. The second-order valence-corrected chi connectivity index (χ2v) is 6.31. The molecule has 0 saturated carbocycles. The molecule has 5 nitrogen and oxygen atoms in total. The molecule has 0 bridgehead atoms. The van der Waals surface area contributed by atoms with Crippen LogP contribution in [-0.2, 0) is 10.0 Å². The number of nitrogens with one attached hydrogen (secondary N) is 1. The van der Waals surface area contributed by atoms with Crippen molar-refractivity contribution in [2.24, 2.45) is 10.6 Å². The van der Waals surface area contributed by atoms with E-state index < -0.39 is 10.0 Å². The average molecular weight is 272 g/mol. The van der Waals surface area contributed by atoms with Gasteiger partial charge in [-0.1, -0.05) is 13.8 Å². The van der Waals surface area contributed by atoms with Crippen molar-refractivity contribution >= 4 is 15.7 Å². The van der Waals surface area contributed by atoms with Crippen molar-refractivity contribution in [3.8, 4) is 0 Å². The fourth-order valence-corrected chi connectivity index (χ4v) is 1.89. The molecule has 0 heterocycles. The highest BCUT2D eigenvalue weighted by atomic mass is 32.2. The number of nitrogens with two attached hydrogens (primary N) is 1. The molecule has 1 atom stereocenters. The Kier molecular flexibility index (Phi) is 4.72. The fourth-order valence-electron chi connectivity index (χ4n) is 1.37. The van der Waals surface area contributed by atoms with Crippen LogP contribution >= 0.6 is 0 Å². The standard InChI is InChI=1S/C12H20N2O3S/c1-3-12(2,9-15)8-14-10-4-6-11(7-5-10)18(13,16)17/h4-7,14-15H,3,8-9H2,1-2H3,(H2,13,16,17). The van der Waals surface area contributed by atoms with Crippen molar-refractivity contribution in [3.05, 3.63) is 24.3 Å². The quantitative estimate of drug-likeness (QED) is 0.724. The van der Waals surface area contributed by atoms with Crippen molar-refractivity contribution in [2.75, 3.05) is 18.5 Å². The first kappa shape index (κ1) is 14.9. The first-order valence-electron chi connectivity index (χ1n) is 5.78. The zero-order valence-corrected chi connectivity index (χ0v) is 11.5. The van der Waals surface area contributed by atoms with E-state index in [0.29, 0.717) is 6.54 Å². The second-order valence-electron chi connectivity index (χ2n) is 4.75. The van der Waals surface area contributed by atoms with Gasteiger partial charge in [-0.15, -0.1) is 0 Å². The molecule has 0 amide bonds. The van der Waals surface area contributed by atoms with E-state index in [1.54, 1.807) is 12.1 Å². The third kappa shape index (κ3) is 3.97. The van der Waals surface area contributed by atoms with Gasteiger partial charge in [-0.25, -0.2) is 13.6 Å². The minimum absolute atomic E-state index is 0.0912. The molecule has 1 unspecified atom stereocenters. The molecule has 0 spiro atoms. The molecule has 1 rings (SSSR count). The average Bonchev–Trinajstić information content (AvgIpc) is 2.35. The van der Waals surface area contributed by atoms with E-state index in [9.17, 15) is 13.5 Å². The molecule has 102 valence electrons. The van der Waals surface area contributed by atoms with Crippen LogP contribution in [0.1, 0.15) is 20.3 Å². The van der Waals surface area contributed by atoms with Gasteiger partial charge in [0.1, 0.15) is 0 Å². The van der Waals surface area contributed by atoms with E-state index in [1.165, 1.54) is 12.1 Å². The lowest BCUT2D eigenvalue weighted by Gasteiger charge is -2.26. The summed E-state index contributed by atoms with van der Waals surface area (Å²) in [5.74, 6) is 0. The predicted octanol–water partition coefficient (Wildman–Crippen LogP) is 1.15. The minimum Gasteiger partial charge on any atom is -0.396 e. The van der Waals surface area contributed by atoms with Crippen molar-refractivity contribution in [2.45, 2.75) is 25.2 Å². The van der Waals surface area contributed by atoms with Gasteiger partial charge in [0.25, 0.3) is 0 Å². The Hall–Kier alpha value is -1.11. The highest BCUT2D eigenvalue weighted by Gasteiger charge is 2.20. The van der Waals surface area contributed by atoms with Crippen LogP contribution < -0.4 is 10.5 Å². The number of sulfonamides is 1. The Morgan fingerprint density at radius 3 is 2.28 bits per heavy atom. The Morgan fingerprint density at radius 1 is 1.33 bits per heavy atom. The van der Waals surface area contributed by atoms with Gasteiger partial charge in [0.15, 0.2) is 0 Å². The van der Waals surface area contributed by atoms with Gasteiger partial charge in [-0.2, -0.15) is 0 Å². The molecule has 1 aromatic rings. The molecule has 0 aliphatic carbocycles. The monoisotopic (exact) mass is 272 g/mol. The van der Waals surface area contributed by atoms with E-state index in [0.717, 1.165) is 12.1 Å². The van der Waals surface area contributed by atoms with Crippen molar-refractivity contribution in [1.82, 2.24) is 0 Å². The molecular weight excluding hydrogens is 252 g/mol. The molecule has 0 aromatic heterocycles. The van der Waals surface area contributed by atoms with E-state index in [4.69, 9.17) is 5.14 Å². The van der Waals surface area contributed by atoms with E-state index in [1.807, 2.05) is 13.8 Å². The summed E-state index contributed by atoms with van der Waals surface area (Å²) in [6, 6.07) is 6.24. The zero-order chi connectivity index (χ0) is 13.8. The van der Waals surface area contributed by atoms with Crippen molar-refractivity contribution in [3.63, 3.8) is 0 Å². The minimum atomic E-state index is -3.64. The summed E-state index contributed by atoms with van der Waals surface area (Å²) in [5, 5.41) is 17.5. The summed E-state index contributed by atoms with van der Waals surface area (Å²) in [7, 11) is -3.64. The van der Waals surface area contributed by atoms with E-state index in [2.05, 4.69) is 5.32 Å². The first-order valence-corrected chi connectivity index (χ1v) is 7.33.